The van der Waals surface area contributed by atoms with E-state index in [1.807, 2.05) is 20.8 Å². The van der Waals surface area contributed by atoms with Crippen LogP contribution in [0.2, 0.25) is 0 Å². The summed E-state index contributed by atoms with van der Waals surface area (Å²) >= 11 is 0. The molecule has 0 fully saturated rings. The zero-order chi connectivity index (χ0) is 14.8. The lowest BCUT2D eigenvalue weighted by molar-refractivity contribution is -0.159. The molecular weight excluding hydrogens is 242 g/mol. The lowest BCUT2D eigenvalue weighted by Gasteiger charge is -2.19. The van der Waals surface area contributed by atoms with Gasteiger partial charge in [0.2, 0.25) is 0 Å². The molecular formula is C11H21NO6. The predicted octanol–water partition coefficient (Wildman–Crippen LogP) is 0.613. The molecule has 7 heteroatoms. The Balaban J connectivity index is 0. The zero-order valence-corrected chi connectivity index (χ0v) is 10.9. The van der Waals surface area contributed by atoms with Crippen LogP contribution in [0.1, 0.15) is 40.0 Å². The van der Waals surface area contributed by atoms with Crippen molar-refractivity contribution in [3.8, 4) is 0 Å². The van der Waals surface area contributed by atoms with Crippen LogP contribution in [0.4, 0.5) is 0 Å². The summed E-state index contributed by atoms with van der Waals surface area (Å²) in [5.74, 6) is -3.78. The van der Waals surface area contributed by atoms with E-state index in [1.165, 1.54) is 0 Å². The van der Waals surface area contributed by atoms with Crippen molar-refractivity contribution in [3.63, 3.8) is 0 Å². The van der Waals surface area contributed by atoms with E-state index in [4.69, 9.17) is 30.3 Å². The molecule has 0 aromatic heterocycles. The topological polar surface area (TPSA) is 127 Å². The van der Waals surface area contributed by atoms with E-state index >= 15 is 0 Å². The van der Waals surface area contributed by atoms with Gasteiger partial charge in [0.25, 0.3) is 0 Å². The second-order valence-corrected chi connectivity index (χ2v) is 4.44. The van der Waals surface area contributed by atoms with Crippen molar-refractivity contribution in [1.82, 2.24) is 0 Å². The molecule has 0 aromatic carbocycles. The Morgan fingerprint density at radius 1 is 1.06 bits per heavy atom. The highest BCUT2D eigenvalue weighted by molar-refractivity contribution is 6.27. The third-order valence-corrected chi connectivity index (χ3v) is 1.44. The van der Waals surface area contributed by atoms with E-state index in [-0.39, 0.29) is 11.6 Å². The van der Waals surface area contributed by atoms with Crippen LogP contribution < -0.4 is 5.73 Å². The molecule has 0 bridgehead atoms. The Morgan fingerprint density at radius 3 is 1.78 bits per heavy atom. The van der Waals surface area contributed by atoms with E-state index in [2.05, 4.69) is 0 Å². The first-order valence-electron chi connectivity index (χ1n) is 5.48. The molecule has 0 amide bonds. The van der Waals surface area contributed by atoms with Gasteiger partial charge in [-0.3, -0.25) is 4.79 Å². The van der Waals surface area contributed by atoms with Crippen molar-refractivity contribution >= 4 is 17.9 Å². The largest absolute Gasteiger partial charge is 0.473 e. The lowest BCUT2D eigenvalue weighted by atomic mass is 10.2. The van der Waals surface area contributed by atoms with Gasteiger partial charge in [-0.2, -0.15) is 0 Å². The second-order valence-electron chi connectivity index (χ2n) is 4.44. The minimum atomic E-state index is -1.82. The number of esters is 1. The van der Waals surface area contributed by atoms with Gasteiger partial charge in [0.15, 0.2) is 0 Å². The van der Waals surface area contributed by atoms with E-state index in [0.717, 1.165) is 12.8 Å². The molecule has 7 nitrogen and oxygen atoms in total. The van der Waals surface area contributed by atoms with Gasteiger partial charge in [-0.15, -0.1) is 0 Å². The molecule has 0 radical (unpaired) electrons. The average Bonchev–Trinajstić information content (AvgIpc) is 2.16. The fourth-order valence-electron chi connectivity index (χ4n) is 0.806. The molecule has 0 aromatic rings. The van der Waals surface area contributed by atoms with Crippen LogP contribution in [0, 0.1) is 0 Å². The first-order chi connectivity index (χ1) is 8.10. The van der Waals surface area contributed by atoms with Crippen molar-refractivity contribution in [3.05, 3.63) is 0 Å². The van der Waals surface area contributed by atoms with Crippen LogP contribution in [-0.4, -0.2) is 40.3 Å². The quantitative estimate of drug-likeness (QED) is 0.385. The predicted molar refractivity (Wildman–Crippen MR) is 64.0 cm³/mol. The van der Waals surface area contributed by atoms with Gasteiger partial charge in [0.1, 0.15) is 5.60 Å². The lowest BCUT2D eigenvalue weighted by Crippen LogP contribution is -2.23. The highest BCUT2D eigenvalue weighted by Crippen LogP contribution is 2.09. The maximum Gasteiger partial charge on any atom is 0.414 e. The first-order valence-corrected chi connectivity index (χ1v) is 5.48. The molecule has 0 rings (SSSR count). The number of carbonyl (C=O) groups is 3. The van der Waals surface area contributed by atoms with Gasteiger partial charge < -0.3 is 20.7 Å². The molecule has 106 valence electrons. The van der Waals surface area contributed by atoms with E-state index in [9.17, 15) is 4.79 Å². The fraction of sp³-hybridized carbons (Fsp3) is 0.727. The maximum absolute atomic E-state index is 11.1. The number of carbonyl (C=O) groups excluding carboxylic acids is 1. The minimum Gasteiger partial charge on any atom is -0.473 e. The highest BCUT2D eigenvalue weighted by atomic mass is 16.6. The number of hydrogen-bond donors (Lipinski definition) is 3. The van der Waals surface area contributed by atoms with Crippen LogP contribution in [0.15, 0.2) is 0 Å². The van der Waals surface area contributed by atoms with Crippen LogP contribution in [0.25, 0.3) is 0 Å². The number of carboxylic acid groups (broad SMARTS) is 2. The molecule has 4 N–H and O–H groups in total. The summed E-state index contributed by atoms with van der Waals surface area (Å²) in [6.07, 6.45) is 2.19. The zero-order valence-electron chi connectivity index (χ0n) is 10.9. The third-order valence-electron chi connectivity index (χ3n) is 1.44. The minimum absolute atomic E-state index is 0.129. The monoisotopic (exact) mass is 263 g/mol. The van der Waals surface area contributed by atoms with Gasteiger partial charge in [-0.25, -0.2) is 9.59 Å². The molecule has 0 saturated carbocycles. The van der Waals surface area contributed by atoms with Gasteiger partial charge >= 0.3 is 17.9 Å². The summed E-state index contributed by atoms with van der Waals surface area (Å²) in [5.41, 5.74) is 4.93. The molecule has 0 unspecified atom stereocenters. The number of ether oxygens (including phenoxy) is 1. The molecule has 0 spiro atoms. The van der Waals surface area contributed by atoms with Gasteiger partial charge in [0, 0.05) is 6.42 Å². The summed E-state index contributed by atoms with van der Waals surface area (Å²) < 4.78 is 5.10. The number of aliphatic carboxylic acids is 2. The molecule has 0 atom stereocenters. The molecule has 18 heavy (non-hydrogen) atoms. The summed E-state index contributed by atoms with van der Waals surface area (Å²) in [6, 6.07) is 0. The number of rotatable bonds is 4. The highest BCUT2D eigenvalue weighted by Gasteiger charge is 2.15. The average molecular weight is 263 g/mol. The first kappa shape index (κ1) is 18.7. The summed E-state index contributed by atoms with van der Waals surface area (Å²) in [7, 11) is 0. The third kappa shape index (κ3) is 16.8. The summed E-state index contributed by atoms with van der Waals surface area (Å²) in [4.78, 5) is 29.3. The van der Waals surface area contributed by atoms with Crippen molar-refractivity contribution in [2.45, 2.75) is 45.6 Å². The van der Waals surface area contributed by atoms with Crippen LogP contribution >= 0.6 is 0 Å². The Bertz CT molecular complexity index is 270. The van der Waals surface area contributed by atoms with Crippen LogP contribution in [0.5, 0.6) is 0 Å². The Morgan fingerprint density at radius 2 is 1.50 bits per heavy atom. The molecule has 0 aliphatic heterocycles. The number of carboxylic acids is 2. The van der Waals surface area contributed by atoms with Crippen LogP contribution in [0.3, 0.4) is 0 Å². The van der Waals surface area contributed by atoms with Crippen molar-refractivity contribution in [2.24, 2.45) is 5.73 Å². The van der Waals surface area contributed by atoms with Crippen molar-refractivity contribution < 1.29 is 29.3 Å². The molecule has 0 aliphatic carbocycles. The standard InChI is InChI=1S/C9H19NO2.C2H2O4/c1-9(2,3)12-8(11)6-4-5-7-10;3-1(4)2(5)6/h4-7,10H2,1-3H3;(H,3,4)(H,5,6). The number of unbranched alkanes of at least 4 members (excludes halogenated alkanes) is 1. The second kappa shape index (κ2) is 9.41. The summed E-state index contributed by atoms with van der Waals surface area (Å²) in [6.45, 7) is 6.25. The van der Waals surface area contributed by atoms with E-state index in [0.29, 0.717) is 13.0 Å². The Kier molecular flexibility index (Phi) is 9.79. The normalized spacial score (nSPS) is 10.0. The summed E-state index contributed by atoms with van der Waals surface area (Å²) in [5, 5.41) is 14.8. The number of nitrogens with two attached hydrogens (primary N) is 1. The van der Waals surface area contributed by atoms with Gasteiger partial charge in [-0.05, 0) is 40.2 Å². The van der Waals surface area contributed by atoms with E-state index < -0.39 is 11.9 Å². The number of hydrogen-bond acceptors (Lipinski definition) is 5. The maximum atomic E-state index is 11.1. The van der Waals surface area contributed by atoms with Gasteiger partial charge in [0.05, 0.1) is 0 Å². The molecule has 0 heterocycles. The SMILES string of the molecule is CC(C)(C)OC(=O)CCCCN.O=C(O)C(=O)O. The fourth-order valence-corrected chi connectivity index (χ4v) is 0.806. The van der Waals surface area contributed by atoms with Crippen LogP contribution in [-0.2, 0) is 19.1 Å². The van der Waals surface area contributed by atoms with Crippen molar-refractivity contribution in [1.29, 1.82) is 0 Å². The van der Waals surface area contributed by atoms with Gasteiger partial charge in [-0.1, -0.05) is 0 Å². The van der Waals surface area contributed by atoms with E-state index in [1.54, 1.807) is 0 Å². The molecule has 0 saturated heterocycles. The van der Waals surface area contributed by atoms with Crippen molar-refractivity contribution in [2.75, 3.05) is 6.54 Å². The Labute approximate surface area is 106 Å². The smallest absolute Gasteiger partial charge is 0.414 e. The Hall–Kier alpha value is -1.63. The molecule has 0 aliphatic rings.